The zero-order valence-electron chi connectivity index (χ0n) is 20.2. The number of ether oxygens (including phenoxy) is 1. The number of para-hydroxylation sites is 1. The van der Waals surface area contributed by atoms with Crippen molar-refractivity contribution in [1.82, 2.24) is 15.2 Å². The van der Waals surface area contributed by atoms with Gasteiger partial charge < -0.3 is 24.7 Å². The highest BCUT2D eigenvalue weighted by molar-refractivity contribution is 6.19. The number of nitrogens with zero attached hydrogens (tertiary/aromatic N) is 5. The number of carbonyl (C=O) groups is 1. The van der Waals surface area contributed by atoms with E-state index in [-0.39, 0.29) is 18.0 Å². The maximum atomic E-state index is 13.1. The van der Waals surface area contributed by atoms with Gasteiger partial charge in [-0.15, -0.1) is 5.10 Å². The number of methoxy groups -OCH3 is 1. The number of nitrogens with one attached hydrogen (secondary N) is 2. The number of carbonyl (C=O) groups excluding carboxylic acids is 1. The Morgan fingerprint density at radius 1 is 1.03 bits per heavy atom. The number of aromatic nitrogens is 3. The van der Waals surface area contributed by atoms with Gasteiger partial charge in [0.2, 0.25) is 6.17 Å². The minimum Gasteiger partial charge on any atom is -0.403 e. The van der Waals surface area contributed by atoms with Crippen molar-refractivity contribution in [1.29, 1.82) is 0 Å². The van der Waals surface area contributed by atoms with Gasteiger partial charge in [0, 0.05) is 37.5 Å². The van der Waals surface area contributed by atoms with Crippen molar-refractivity contribution in [2.75, 3.05) is 35.7 Å². The maximum Gasteiger partial charge on any atom is 0.317 e. The molecule has 1 saturated heterocycles. The van der Waals surface area contributed by atoms with E-state index in [1.807, 2.05) is 66.7 Å². The molecule has 0 bridgehead atoms. The fraction of sp³-hybridized carbons (Fsp3) is 0.222. The Kier molecular flexibility index (Phi) is 6.07. The van der Waals surface area contributed by atoms with Crippen LogP contribution < -0.4 is 15.5 Å². The van der Waals surface area contributed by atoms with E-state index in [0.29, 0.717) is 22.9 Å². The van der Waals surface area contributed by atoms with Gasteiger partial charge in [-0.3, -0.25) is 4.79 Å². The second kappa shape index (κ2) is 9.82. The lowest BCUT2D eigenvalue weighted by molar-refractivity contribution is -0.116. The molecule has 2 atom stereocenters. The van der Waals surface area contributed by atoms with Gasteiger partial charge in [0.05, 0.1) is 23.1 Å². The predicted molar refractivity (Wildman–Crippen MR) is 140 cm³/mol. The molecule has 37 heavy (non-hydrogen) atoms. The second-order valence-corrected chi connectivity index (χ2v) is 8.80. The Labute approximate surface area is 213 Å². The van der Waals surface area contributed by atoms with E-state index in [0.717, 1.165) is 36.5 Å². The summed E-state index contributed by atoms with van der Waals surface area (Å²) in [6.45, 7) is 1.56. The Bertz CT molecular complexity index is 1450. The van der Waals surface area contributed by atoms with Crippen molar-refractivity contribution in [2.45, 2.75) is 18.7 Å². The molecule has 2 aliphatic rings. The summed E-state index contributed by atoms with van der Waals surface area (Å²) in [5.41, 5.74) is 3.81. The lowest BCUT2D eigenvalue weighted by Gasteiger charge is -2.19. The van der Waals surface area contributed by atoms with Crippen LogP contribution in [0.2, 0.25) is 0 Å². The van der Waals surface area contributed by atoms with E-state index in [9.17, 15) is 4.79 Å². The number of hydrogen-bond acceptors (Lipinski definition) is 9. The van der Waals surface area contributed by atoms with Gasteiger partial charge in [-0.2, -0.15) is 0 Å². The average Bonchev–Trinajstić information content (AvgIpc) is 3.59. The van der Waals surface area contributed by atoms with Crippen molar-refractivity contribution in [3.05, 3.63) is 84.1 Å². The monoisotopic (exact) mass is 495 g/mol. The Morgan fingerprint density at radius 3 is 2.68 bits per heavy atom. The highest BCUT2D eigenvalue weighted by atomic mass is 16.5. The van der Waals surface area contributed by atoms with Crippen LogP contribution in [0.4, 0.5) is 17.5 Å². The van der Waals surface area contributed by atoms with Crippen LogP contribution in [0.15, 0.2) is 82.3 Å². The Balaban J connectivity index is 1.30. The van der Waals surface area contributed by atoms with Crippen molar-refractivity contribution in [2.24, 2.45) is 4.99 Å². The first-order valence-electron chi connectivity index (χ1n) is 12.1. The third-order valence-electron chi connectivity index (χ3n) is 6.47. The van der Waals surface area contributed by atoms with E-state index in [1.54, 1.807) is 13.3 Å². The highest BCUT2D eigenvalue weighted by Gasteiger charge is 2.29. The lowest BCUT2D eigenvalue weighted by Crippen LogP contribution is -2.32. The summed E-state index contributed by atoms with van der Waals surface area (Å²) < 4.78 is 11.5. The molecule has 0 radical (unpaired) electrons. The minimum atomic E-state index is -0.981. The largest absolute Gasteiger partial charge is 0.403 e. The van der Waals surface area contributed by atoms with Crippen LogP contribution in [0.3, 0.4) is 0 Å². The molecule has 2 N–H and O–H groups in total. The summed E-state index contributed by atoms with van der Waals surface area (Å²) in [6, 6.07) is 21.1. The SMILES string of the molecule is COC1CCN(c2ncccc2-c2nnc(NC3N=C(c4ccccc4)c4ccccc4NC3=O)o2)C1. The van der Waals surface area contributed by atoms with Gasteiger partial charge in [0.15, 0.2) is 0 Å². The van der Waals surface area contributed by atoms with Gasteiger partial charge in [-0.25, -0.2) is 9.98 Å². The number of benzene rings is 2. The molecule has 1 amide bonds. The molecular weight excluding hydrogens is 470 g/mol. The maximum absolute atomic E-state index is 13.1. The molecular formula is C27H25N7O3. The molecule has 2 aromatic heterocycles. The van der Waals surface area contributed by atoms with E-state index >= 15 is 0 Å². The standard InChI is InChI=1S/C27H25N7O3/c1-36-18-13-15-34(16-18)24-20(11-7-14-28-24)26-32-33-27(37-26)31-23-25(35)29-21-12-6-5-10-19(21)22(30-23)17-8-3-2-4-9-17/h2-12,14,18,23H,13,15-16H2,1H3,(H,29,35)(H,31,33). The molecule has 1 fully saturated rings. The fourth-order valence-electron chi connectivity index (χ4n) is 4.62. The molecule has 10 heteroatoms. The number of aliphatic imine (C=N–C) groups is 1. The summed E-state index contributed by atoms with van der Waals surface area (Å²) in [4.78, 5) is 24.6. The molecule has 4 heterocycles. The van der Waals surface area contributed by atoms with E-state index in [2.05, 4.69) is 30.7 Å². The number of benzodiazepines with no additional fused rings is 1. The molecule has 4 aromatic rings. The molecule has 10 nitrogen and oxygen atoms in total. The summed E-state index contributed by atoms with van der Waals surface area (Å²) in [5.74, 6) is 0.725. The summed E-state index contributed by atoms with van der Waals surface area (Å²) in [6.07, 6.45) is 1.83. The van der Waals surface area contributed by atoms with Crippen molar-refractivity contribution in [3.8, 4) is 11.5 Å². The topological polar surface area (TPSA) is 118 Å². The molecule has 6 rings (SSSR count). The van der Waals surface area contributed by atoms with Crippen LogP contribution in [0.25, 0.3) is 11.5 Å². The molecule has 2 unspecified atom stereocenters. The van der Waals surface area contributed by atoms with Crippen LogP contribution in [0.1, 0.15) is 17.5 Å². The van der Waals surface area contributed by atoms with Crippen LogP contribution in [0.5, 0.6) is 0 Å². The molecule has 0 spiro atoms. The number of pyridine rings is 1. The summed E-state index contributed by atoms with van der Waals surface area (Å²) in [5, 5.41) is 14.3. The van der Waals surface area contributed by atoms with E-state index in [1.165, 1.54) is 0 Å². The molecule has 186 valence electrons. The number of rotatable bonds is 6. The normalized spacial score (nSPS) is 19.1. The number of fused-ring (bicyclic) bond motifs is 1. The van der Waals surface area contributed by atoms with Crippen LogP contribution in [-0.4, -0.2) is 59.3 Å². The summed E-state index contributed by atoms with van der Waals surface area (Å²) >= 11 is 0. The van der Waals surface area contributed by atoms with E-state index in [4.69, 9.17) is 14.1 Å². The first kappa shape index (κ1) is 22.9. The first-order chi connectivity index (χ1) is 18.2. The van der Waals surface area contributed by atoms with Crippen LogP contribution in [-0.2, 0) is 9.53 Å². The Hall–Kier alpha value is -4.57. The van der Waals surface area contributed by atoms with Crippen LogP contribution >= 0.6 is 0 Å². The van der Waals surface area contributed by atoms with Gasteiger partial charge in [-0.1, -0.05) is 53.6 Å². The van der Waals surface area contributed by atoms with Gasteiger partial charge in [-0.05, 0) is 24.6 Å². The first-order valence-corrected chi connectivity index (χ1v) is 12.1. The van der Waals surface area contributed by atoms with Gasteiger partial charge >= 0.3 is 6.01 Å². The fourth-order valence-corrected chi connectivity index (χ4v) is 4.62. The third kappa shape index (κ3) is 4.54. The molecule has 2 aliphatic heterocycles. The van der Waals surface area contributed by atoms with Crippen molar-refractivity contribution < 1.29 is 13.9 Å². The van der Waals surface area contributed by atoms with E-state index < -0.39 is 6.17 Å². The number of anilines is 3. The third-order valence-corrected chi connectivity index (χ3v) is 6.47. The van der Waals surface area contributed by atoms with Crippen molar-refractivity contribution >= 4 is 29.1 Å². The summed E-state index contributed by atoms with van der Waals surface area (Å²) in [7, 11) is 1.72. The second-order valence-electron chi connectivity index (χ2n) is 8.80. The smallest absolute Gasteiger partial charge is 0.317 e. The number of amides is 1. The number of hydrogen-bond donors (Lipinski definition) is 2. The van der Waals surface area contributed by atoms with Gasteiger partial charge in [0.1, 0.15) is 5.82 Å². The predicted octanol–water partition coefficient (Wildman–Crippen LogP) is 3.58. The molecule has 2 aromatic carbocycles. The highest BCUT2D eigenvalue weighted by Crippen LogP contribution is 2.32. The lowest BCUT2D eigenvalue weighted by atomic mass is 10.0. The zero-order valence-corrected chi connectivity index (χ0v) is 20.2. The van der Waals surface area contributed by atoms with Crippen LogP contribution in [0, 0.1) is 0 Å². The zero-order chi connectivity index (χ0) is 25.2. The average molecular weight is 496 g/mol. The molecule has 0 saturated carbocycles. The quantitative estimate of drug-likeness (QED) is 0.417. The molecule has 0 aliphatic carbocycles. The van der Waals surface area contributed by atoms with Gasteiger partial charge in [0.25, 0.3) is 11.8 Å². The Morgan fingerprint density at radius 2 is 1.84 bits per heavy atom. The van der Waals surface area contributed by atoms with Crippen molar-refractivity contribution in [3.63, 3.8) is 0 Å². The minimum absolute atomic E-state index is 0.0864.